The molecule has 3 aromatic carbocycles. The fraction of sp³-hybridized carbons (Fsp3) is 0.120. The third-order valence-corrected chi connectivity index (χ3v) is 5.17. The Bertz CT molecular complexity index is 1430. The predicted molar refractivity (Wildman–Crippen MR) is 128 cm³/mol. The van der Waals surface area contributed by atoms with Crippen LogP contribution in [0, 0.1) is 0 Å². The highest BCUT2D eigenvalue weighted by Crippen LogP contribution is 2.41. The topological polar surface area (TPSA) is 104 Å². The summed E-state index contributed by atoms with van der Waals surface area (Å²) in [4.78, 5) is 9.33. The van der Waals surface area contributed by atoms with E-state index in [9.17, 15) is 0 Å². The number of anilines is 2. The Morgan fingerprint density at radius 2 is 1.41 bits per heavy atom. The molecular formula is C25H21N5O4. The molecular weight excluding hydrogens is 434 g/mol. The van der Waals surface area contributed by atoms with Crippen LogP contribution in [0.4, 0.5) is 11.5 Å². The lowest BCUT2D eigenvalue weighted by Crippen LogP contribution is -2.01. The number of nitrogens with zero attached hydrogens (tertiary/aromatic N) is 4. The molecule has 0 spiro atoms. The maximum absolute atomic E-state index is 5.88. The molecule has 0 radical (unpaired) electrons. The normalized spacial score (nSPS) is 10.8. The molecule has 0 amide bonds. The highest BCUT2D eigenvalue weighted by molar-refractivity contribution is 5.92. The first-order valence-corrected chi connectivity index (χ1v) is 10.4. The van der Waals surface area contributed by atoms with Crippen molar-refractivity contribution in [2.24, 2.45) is 0 Å². The van der Waals surface area contributed by atoms with Gasteiger partial charge in [-0.25, -0.2) is 9.97 Å². The van der Waals surface area contributed by atoms with Gasteiger partial charge in [-0.05, 0) is 24.3 Å². The Morgan fingerprint density at radius 1 is 0.735 bits per heavy atom. The van der Waals surface area contributed by atoms with Crippen molar-refractivity contribution in [2.45, 2.75) is 0 Å². The molecule has 1 N–H and O–H groups in total. The molecule has 170 valence electrons. The van der Waals surface area contributed by atoms with Crippen LogP contribution < -0.4 is 19.5 Å². The second-order valence-corrected chi connectivity index (χ2v) is 7.23. The van der Waals surface area contributed by atoms with Crippen LogP contribution in [0.15, 0.2) is 71.1 Å². The van der Waals surface area contributed by atoms with Crippen molar-refractivity contribution in [3.63, 3.8) is 0 Å². The van der Waals surface area contributed by atoms with Crippen LogP contribution in [-0.2, 0) is 0 Å². The first kappa shape index (κ1) is 21.2. The first-order chi connectivity index (χ1) is 16.7. The Labute approximate surface area is 195 Å². The summed E-state index contributed by atoms with van der Waals surface area (Å²) in [5.74, 6) is 3.03. The van der Waals surface area contributed by atoms with Crippen LogP contribution in [0.2, 0.25) is 0 Å². The number of benzene rings is 3. The number of hydrogen-bond acceptors (Lipinski definition) is 9. The number of nitrogens with one attached hydrogen (secondary N) is 1. The Morgan fingerprint density at radius 3 is 2.12 bits per heavy atom. The average Bonchev–Trinajstić information content (AvgIpc) is 3.39. The van der Waals surface area contributed by atoms with Crippen molar-refractivity contribution in [1.82, 2.24) is 20.2 Å². The Kier molecular flexibility index (Phi) is 5.65. The summed E-state index contributed by atoms with van der Waals surface area (Å²) >= 11 is 0. The molecule has 0 aliphatic heterocycles. The summed E-state index contributed by atoms with van der Waals surface area (Å²) in [6, 6.07) is 20.8. The van der Waals surface area contributed by atoms with Crippen LogP contribution in [0.25, 0.3) is 34.1 Å². The van der Waals surface area contributed by atoms with Crippen LogP contribution >= 0.6 is 0 Å². The molecule has 0 atom stereocenters. The predicted octanol–water partition coefficient (Wildman–Crippen LogP) is 5.12. The zero-order valence-corrected chi connectivity index (χ0v) is 18.8. The van der Waals surface area contributed by atoms with Gasteiger partial charge in [-0.1, -0.05) is 30.3 Å². The van der Waals surface area contributed by atoms with E-state index in [1.54, 1.807) is 33.5 Å². The minimum Gasteiger partial charge on any atom is -0.493 e. The number of fused-ring (bicyclic) bond motifs is 1. The fourth-order valence-corrected chi connectivity index (χ4v) is 3.57. The average molecular weight is 455 g/mol. The van der Waals surface area contributed by atoms with Crippen LogP contribution in [0.5, 0.6) is 17.2 Å². The Hall–Kier alpha value is -4.66. The van der Waals surface area contributed by atoms with Gasteiger partial charge >= 0.3 is 0 Å². The monoisotopic (exact) mass is 455 g/mol. The Balaban J connectivity index is 1.58. The van der Waals surface area contributed by atoms with Gasteiger partial charge in [0.1, 0.15) is 5.82 Å². The van der Waals surface area contributed by atoms with Gasteiger partial charge in [-0.3, -0.25) is 0 Å². The number of rotatable bonds is 7. The fourth-order valence-electron chi connectivity index (χ4n) is 3.57. The van der Waals surface area contributed by atoms with E-state index in [4.69, 9.17) is 23.6 Å². The molecule has 9 heteroatoms. The van der Waals surface area contributed by atoms with E-state index in [-0.39, 0.29) is 5.89 Å². The maximum Gasteiger partial charge on any atom is 0.286 e. The van der Waals surface area contributed by atoms with Crippen molar-refractivity contribution in [3.8, 4) is 40.4 Å². The summed E-state index contributed by atoms with van der Waals surface area (Å²) in [7, 11) is 4.70. The van der Waals surface area contributed by atoms with E-state index in [1.807, 2.05) is 54.6 Å². The van der Waals surface area contributed by atoms with Gasteiger partial charge in [-0.15, -0.1) is 10.2 Å². The maximum atomic E-state index is 5.88. The molecule has 0 fully saturated rings. The van der Waals surface area contributed by atoms with Crippen LogP contribution in [0.3, 0.4) is 0 Å². The second-order valence-electron chi connectivity index (χ2n) is 7.23. The van der Waals surface area contributed by atoms with Gasteiger partial charge in [0.25, 0.3) is 5.89 Å². The molecule has 0 unspecified atom stereocenters. The highest BCUT2D eigenvalue weighted by Gasteiger charge is 2.18. The third kappa shape index (κ3) is 3.95. The molecule has 0 saturated heterocycles. The molecule has 5 aromatic rings. The highest BCUT2D eigenvalue weighted by atomic mass is 16.5. The van der Waals surface area contributed by atoms with E-state index in [0.29, 0.717) is 40.5 Å². The SMILES string of the molecule is COc1cc(Nc2nc(-c3nnc(-c4ccccc4)o3)nc3ccccc23)cc(OC)c1OC. The molecule has 0 aliphatic rings. The van der Waals surface area contributed by atoms with Crippen molar-refractivity contribution in [1.29, 1.82) is 0 Å². The van der Waals surface area contributed by atoms with E-state index in [0.717, 1.165) is 16.5 Å². The van der Waals surface area contributed by atoms with Gasteiger partial charge < -0.3 is 23.9 Å². The van der Waals surface area contributed by atoms with Gasteiger partial charge in [0.2, 0.25) is 17.5 Å². The molecule has 9 nitrogen and oxygen atoms in total. The number of aromatic nitrogens is 4. The van der Waals surface area contributed by atoms with E-state index >= 15 is 0 Å². The number of methoxy groups -OCH3 is 3. The third-order valence-electron chi connectivity index (χ3n) is 5.17. The molecule has 5 rings (SSSR count). The van der Waals surface area contributed by atoms with Gasteiger partial charge in [-0.2, -0.15) is 0 Å². The zero-order valence-electron chi connectivity index (χ0n) is 18.8. The summed E-state index contributed by atoms with van der Waals surface area (Å²) in [6.07, 6.45) is 0. The first-order valence-electron chi connectivity index (χ1n) is 10.4. The lowest BCUT2D eigenvalue weighted by Gasteiger charge is -2.15. The van der Waals surface area contributed by atoms with E-state index in [2.05, 4.69) is 20.5 Å². The number of hydrogen-bond donors (Lipinski definition) is 1. The molecule has 0 aliphatic carbocycles. The quantitative estimate of drug-likeness (QED) is 0.358. The van der Waals surface area contributed by atoms with Gasteiger partial charge in [0.15, 0.2) is 11.5 Å². The lowest BCUT2D eigenvalue weighted by molar-refractivity contribution is 0.324. The van der Waals surface area contributed by atoms with Crippen LogP contribution in [-0.4, -0.2) is 41.5 Å². The molecule has 2 aromatic heterocycles. The smallest absolute Gasteiger partial charge is 0.286 e. The van der Waals surface area contributed by atoms with Crippen molar-refractivity contribution in [2.75, 3.05) is 26.6 Å². The van der Waals surface area contributed by atoms with Crippen molar-refractivity contribution < 1.29 is 18.6 Å². The molecule has 2 heterocycles. The summed E-state index contributed by atoms with van der Waals surface area (Å²) in [5, 5.41) is 12.5. The lowest BCUT2D eigenvalue weighted by atomic mass is 10.2. The molecule has 0 saturated carbocycles. The van der Waals surface area contributed by atoms with Gasteiger partial charge in [0, 0.05) is 28.8 Å². The minimum absolute atomic E-state index is 0.220. The molecule has 0 bridgehead atoms. The summed E-state index contributed by atoms with van der Waals surface area (Å²) in [6.45, 7) is 0. The molecule has 34 heavy (non-hydrogen) atoms. The standard InChI is InChI=1S/C25H21N5O4/c1-31-19-13-16(14-20(32-2)21(19)33-3)26-22-17-11-7-8-12-18(17)27-23(28-22)25-30-29-24(34-25)15-9-5-4-6-10-15/h4-14H,1-3H3,(H,26,27,28). The summed E-state index contributed by atoms with van der Waals surface area (Å²) < 4.78 is 22.2. The van der Waals surface area contributed by atoms with E-state index < -0.39 is 0 Å². The van der Waals surface area contributed by atoms with Gasteiger partial charge in [0.05, 0.1) is 26.8 Å². The summed E-state index contributed by atoms with van der Waals surface area (Å²) in [5.41, 5.74) is 2.24. The minimum atomic E-state index is 0.220. The second kappa shape index (κ2) is 9.07. The van der Waals surface area contributed by atoms with Crippen molar-refractivity contribution in [3.05, 3.63) is 66.7 Å². The number of ether oxygens (including phenoxy) is 3. The van der Waals surface area contributed by atoms with Crippen molar-refractivity contribution >= 4 is 22.4 Å². The van der Waals surface area contributed by atoms with Crippen LogP contribution in [0.1, 0.15) is 0 Å². The zero-order chi connectivity index (χ0) is 23.5. The largest absolute Gasteiger partial charge is 0.493 e. The van der Waals surface area contributed by atoms with E-state index in [1.165, 1.54) is 0 Å². The number of para-hydroxylation sites is 1.